The second-order valence-electron chi connectivity index (χ2n) is 17.1. The number of carbonyl (C=O) groups excluding carboxylic acids is 2. The van der Waals surface area contributed by atoms with Crippen molar-refractivity contribution in [2.75, 3.05) is 34.4 Å². The van der Waals surface area contributed by atoms with Gasteiger partial charge in [0.2, 0.25) is 5.91 Å². The summed E-state index contributed by atoms with van der Waals surface area (Å²) in [7, 11) is 5.62. The van der Waals surface area contributed by atoms with Crippen molar-refractivity contribution < 1.29 is 29.4 Å². The SMILES string of the molecule is C=C1[C@@H](NC(=O)[C@@H]2C([C@H](C)O)[C@H](CO)ON2Cc2cccc(-c3cccc(C(=O)N[C@H](CN(C)C)CC(C)(C)C)c3)c2OC)C[C@H]2C[C@@H]1C2(C)C. The van der Waals surface area contributed by atoms with Gasteiger partial charge in [-0.15, -0.1) is 0 Å². The number of aliphatic hydroxyl groups excluding tert-OH is 2. The van der Waals surface area contributed by atoms with E-state index < -0.39 is 24.2 Å². The summed E-state index contributed by atoms with van der Waals surface area (Å²) < 4.78 is 6.00. The van der Waals surface area contributed by atoms with Crippen molar-refractivity contribution in [3.8, 4) is 16.9 Å². The quantitative estimate of drug-likeness (QED) is 0.214. The number of nitrogens with one attached hydrogen (secondary N) is 2. The van der Waals surface area contributed by atoms with Gasteiger partial charge in [-0.1, -0.05) is 77.1 Å². The largest absolute Gasteiger partial charge is 0.496 e. The maximum atomic E-state index is 14.1. The van der Waals surface area contributed by atoms with Gasteiger partial charge in [-0.25, -0.2) is 0 Å². The third-order valence-corrected chi connectivity index (χ3v) is 11.4. The summed E-state index contributed by atoms with van der Waals surface area (Å²) in [6.45, 7) is 17.7. The lowest BCUT2D eigenvalue weighted by Crippen LogP contribution is -2.59. The van der Waals surface area contributed by atoms with Gasteiger partial charge in [0.15, 0.2) is 0 Å². The number of likely N-dealkylation sites (N-methyl/N-ethyl adjacent to an activating group) is 1. The Kier molecular flexibility index (Phi) is 11.7. The molecule has 3 aliphatic carbocycles. The summed E-state index contributed by atoms with van der Waals surface area (Å²) in [4.78, 5) is 36.0. The topological polar surface area (TPSA) is 124 Å². The molecule has 0 aromatic heterocycles. The standard InChI is InChI=1S/C41H60N4O6/c1-24-32-18-29(41(32,6)7)19-33(24)43-39(49)36-35(25(2)47)34(23-46)51-45(36)21-28-15-12-16-31(37(28)50-10)26-13-11-14-27(17-26)38(48)42-30(22-44(8)9)20-40(3,4)5/h11-17,25,29-30,32-36,46-47H,1,18-23H2,2-10H3,(H,42,48)(H,43,49)/t25-,29+,30-,32-,33-,34-,35?,36-/m0/s1. The predicted octanol–water partition coefficient (Wildman–Crippen LogP) is 5.04. The Morgan fingerprint density at radius 2 is 1.86 bits per heavy atom. The monoisotopic (exact) mass is 704 g/mol. The van der Waals surface area contributed by atoms with Crippen LogP contribution < -0.4 is 15.4 Å². The number of ether oxygens (including phenoxy) is 1. The van der Waals surface area contributed by atoms with Gasteiger partial charge in [0.05, 0.1) is 32.4 Å². The highest BCUT2D eigenvalue weighted by atomic mass is 16.7. The Morgan fingerprint density at radius 1 is 1.16 bits per heavy atom. The Hall–Kier alpha value is -3.28. The molecular formula is C41H60N4O6. The number of amides is 2. The number of aliphatic hydroxyl groups is 2. The average molecular weight is 705 g/mol. The van der Waals surface area contributed by atoms with E-state index in [0.717, 1.165) is 48.1 Å². The van der Waals surface area contributed by atoms with Crippen molar-refractivity contribution in [2.45, 2.75) is 97.7 Å². The van der Waals surface area contributed by atoms with Crippen LogP contribution in [0.1, 0.15) is 76.7 Å². The molecule has 3 saturated carbocycles. The minimum absolute atomic E-state index is 0.0124. The van der Waals surface area contributed by atoms with Crippen LogP contribution in [0.2, 0.25) is 0 Å². The first-order valence-electron chi connectivity index (χ1n) is 18.4. The van der Waals surface area contributed by atoms with Crippen molar-refractivity contribution in [3.63, 3.8) is 0 Å². The zero-order valence-corrected chi connectivity index (χ0v) is 32.0. The average Bonchev–Trinajstić information content (AvgIpc) is 3.42. The third-order valence-electron chi connectivity index (χ3n) is 11.4. The first-order chi connectivity index (χ1) is 23.9. The number of para-hydroxylation sites is 1. The van der Waals surface area contributed by atoms with Crippen LogP contribution in [-0.2, 0) is 16.2 Å². The van der Waals surface area contributed by atoms with Crippen LogP contribution in [0, 0.1) is 28.6 Å². The smallest absolute Gasteiger partial charge is 0.251 e. The molecule has 2 bridgehead atoms. The molecule has 8 atom stereocenters. The molecule has 6 rings (SSSR count). The van der Waals surface area contributed by atoms with Crippen LogP contribution in [0.25, 0.3) is 11.1 Å². The van der Waals surface area contributed by atoms with Gasteiger partial charge in [0.1, 0.15) is 17.9 Å². The van der Waals surface area contributed by atoms with E-state index in [1.807, 2.05) is 56.6 Å². The fourth-order valence-corrected chi connectivity index (χ4v) is 8.79. The lowest BCUT2D eigenvalue weighted by molar-refractivity contribution is -0.182. The number of nitrogens with zero attached hydrogens (tertiary/aromatic N) is 2. The van der Waals surface area contributed by atoms with E-state index in [9.17, 15) is 19.8 Å². The van der Waals surface area contributed by atoms with Gasteiger partial charge in [-0.05, 0) is 80.6 Å². The summed E-state index contributed by atoms with van der Waals surface area (Å²) in [5.41, 5.74) is 4.20. The number of carbonyl (C=O) groups is 2. The normalized spacial score (nSPS) is 27.1. The molecule has 1 unspecified atom stereocenters. The fraction of sp³-hybridized carbons (Fsp3) is 0.610. The van der Waals surface area contributed by atoms with E-state index in [1.54, 1.807) is 19.1 Å². The van der Waals surface area contributed by atoms with Crippen molar-refractivity contribution in [2.24, 2.45) is 28.6 Å². The molecule has 0 spiro atoms. The highest BCUT2D eigenvalue weighted by molar-refractivity contribution is 5.96. The van der Waals surface area contributed by atoms with E-state index in [0.29, 0.717) is 23.1 Å². The molecule has 0 radical (unpaired) electrons. The lowest BCUT2D eigenvalue weighted by Gasteiger charge is -2.60. The first-order valence-corrected chi connectivity index (χ1v) is 18.4. The van der Waals surface area contributed by atoms with Crippen LogP contribution in [0.4, 0.5) is 0 Å². The molecule has 2 aromatic rings. The predicted molar refractivity (Wildman–Crippen MR) is 200 cm³/mol. The second-order valence-corrected chi connectivity index (χ2v) is 17.1. The fourth-order valence-electron chi connectivity index (χ4n) is 8.79. The zero-order chi connectivity index (χ0) is 37.4. The molecule has 4 N–H and O–H groups in total. The molecule has 10 nitrogen and oxygen atoms in total. The number of hydrogen-bond acceptors (Lipinski definition) is 8. The van der Waals surface area contributed by atoms with Crippen molar-refractivity contribution in [3.05, 3.63) is 65.7 Å². The molecule has 2 aromatic carbocycles. The lowest BCUT2D eigenvalue weighted by atomic mass is 9.46. The minimum atomic E-state index is -0.910. The summed E-state index contributed by atoms with van der Waals surface area (Å²) in [6.07, 6.45) is 1.11. The summed E-state index contributed by atoms with van der Waals surface area (Å²) in [5.74, 6) is 0.427. The molecule has 51 heavy (non-hydrogen) atoms. The van der Waals surface area contributed by atoms with Gasteiger partial charge in [-0.3, -0.25) is 14.4 Å². The number of hydrogen-bond donors (Lipinski definition) is 4. The molecule has 10 heteroatoms. The molecule has 4 fully saturated rings. The van der Waals surface area contributed by atoms with Crippen LogP contribution in [0.3, 0.4) is 0 Å². The molecule has 280 valence electrons. The maximum absolute atomic E-state index is 14.1. The zero-order valence-electron chi connectivity index (χ0n) is 32.0. The molecule has 1 aliphatic heterocycles. The van der Waals surface area contributed by atoms with Gasteiger partial charge in [0.25, 0.3) is 5.91 Å². The van der Waals surface area contributed by atoms with Gasteiger partial charge in [-0.2, -0.15) is 5.06 Å². The Labute approximate surface area is 304 Å². The Balaban J connectivity index is 1.39. The van der Waals surface area contributed by atoms with Crippen LogP contribution >= 0.6 is 0 Å². The van der Waals surface area contributed by atoms with E-state index >= 15 is 0 Å². The summed E-state index contributed by atoms with van der Waals surface area (Å²) >= 11 is 0. The maximum Gasteiger partial charge on any atom is 0.251 e. The van der Waals surface area contributed by atoms with Crippen LogP contribution in [-0.4, -0.2) is 96.7 Å². The highest BCUT2D eigenvalue weighted by Gasteiger charge is 2.56. The molecule has 1 saturated heterocycles. The van der Waals surface area contributed by atoms with Crippen molar-refractivity contribution in [1.29, 1.82) is 0 Å². The van der Waals surface area contributed by atoms with E-state index in [-0.39, 0.29) is 47.9 Å². The number of rotatable bonds is 13. The van der Waals surface area contributed by atoms with Gasteiger partial charge in [0, 0.05) is 35.2 Å². The third kappa shape index (κ3) is 8.36. The Morgan fingerprint density at radius 3 is 2.45 bits per heavy atom. The molecular weight excluding hydrogens is 644 g/mol. The second kappa shape index (κ2) is 15.4. The number of fused-ring (bicyclic) bond motifs is 2. The van der Waals surface area contributed by atoms with Crippen molar-refractivity contribution >= 4 is 11.8 Å². The summed E-state index contributed by atoms with van der Waals surface area (Å²) in [6, 6.07) is 12.3. The van der Waals surface area contributed by atoms with Crippen LogP contribution in [0.5, 0.6) is 5.75 Å². The van der Waals surface area contributed by atoms with E-state index in [4.69, 9.17) is 9.57 Å². The van der Waals surface area contributed by atoms with E-state index in [2.05, 4.69) is 56.7 Å². The van der Waals surface area contributed by atoms with Gasteiger partial charge < -0.3 is 30.5 Å². The van der Waals surface area contributed by atoms with Gasteiger partial charge >= 0.3 is 0 Å². The Bertz CT molecular complexity index is 1580. The minimum Gasteiger partial charge on any atom is -0.496 e. The first kappa shape index (κ1) is 38.9. The molecule has 4 aliphatic rings. The van der Waals surface area contributed by atoms with Crippen LogP contribution in [0.15, 0.2) is 54.6 Å². The molecule has 1 heterocycles. The number of methoxy groups -OCH3 is 1. The highest BCUT2D eigenvalue weighted by Crippen LogP contribution is 2.60. The van der Waals surface area contributed by atoms with Crippen molar-refractivity contribution in [1.82, 2.24) is 20.6 Å². The van der Waals surface area contributed by atoms with E-state index in [1.165, 1.54) is 0 Å². The number of benzene rings is 2. The molecule has 2 amide bonds. The number of hydroxylamine groups is 2. The summed E-state index contributed by atoms with van der Waals surface area (Å²) in [5, 5.41) is 29.2.